The minimum Gasteiger partial charge on any atom is -0.352 e. The number of carbonyl (C=O) groups excluding carboxylic acids is 1. The maximum atomic E-state index is 11.1. The molecule has 2 N–H and O–H groups in total. The number of imidazole rings is 1. The van der Waals surface area contributed by atoms with Gasteiger partial charge in [0, 0.05) is 44.2 Å². The van der Waals surface area contributed by atoms with E-state index >= 15 is 0 Å². The molecule has 28 heavy (non-hydrogen) atoms. The van der Waals surface area contributed by atoms with Gasteiger partial charge in [-0.3, -0.25) is 9.78 Å². The third-order valence-electron chi connectivity index (χ3n) is 4.27. The molecule has 3 heterocycles. The van der Waals surface area contributed by atoms with E-state index in [1.54, 1.807) is 18.6 Å². The molecular weight excluding hydrogens is 354 g/mol. The average Bonchev–Trinajstić information content (AvgIpc) is 3.04. The molecule has 8 heteroatoms. The Balaban J connectivity index is 1.61. The molecule has 4 rings (SSSR count). The van der Waals surface area contributed by atoms with Gasteiger partial charge in [-0.2, -0.15) is 4.98 Å². The highest BCUT2D eigenvalue weighted by atomic mass is 16.1. The van der Waals surface area contributed by atoms with Gasteiger partial charge in [-0.1, -0.05) is 12.1 Å². The molecule has 0 bridgehead atoms. The number of carbonyl (C=O) groups is 1. The SMILES string of the molecule is CC(=O)NCc1cccc(Nc2ncc3nc(-c4ccncc4)n(C)c3n2)c1. The first-order valence-electron chi connectivity index (χ1n) is 8.80. The highest BCUT2D eigenvalue weighted by Crippen LogP contribution is 2.23. The average molecular weight is 373 g/mol. The number of pyridine rings is 1. The molecule has 0 spiro atoms. The second-order valence-corrected chi connectivity index (χ2v) is 6.37. The summed E-state index contributed by atoms with van der Waals surface area (Å²) in [6.07, 6.45) is 5.18. The van der Waals surface area contributed by atoms with Crippen molar-refractivity contribution >= 4 is 28.7 Å². The maximum absolute atomic E-state index is 11.1. The van der Waals surface area contributed by atoms with Crippen LogP contribution >= 0.6 is 0 Å². The van der Waals surface area contributed by atoms with Crippen molar-refractivity contribution < 1.29 is 4.79 Å². The Labute approximate surface area is 161 Å². The van der Waals surface area contributed by atoms with Gasteiger partial charge < -0.3 is 15.2 Å². The molecule has 0 aliphatic rings. The Morgan fingerprint density at radius 3 is 2.75 bits per heavy atom. The molecule has 0 saturated carbocycles. The van der Waals surface area contributed by atoms with Gasteiger partial charge in [0.15, 0.2) is 5.65 Å². The lowest BCUT2D eigenvalue weighted by Gasteiger charge is -2.08. The Hall–Kier alpha value is -3.81. The number of aromatic nitrogens is 5. The summed E-state index contributed by atoms with van der Waals surface area (Å²) < 4.78 is 1.94. The van der Waals surface area contributed by atoms with Gasteiger partial charge in [0.1, 0.15) is 11.3 Å². The molecular formula is C20H19N7O. The van der Waals surface area contributed by atoms with Crippen LogP contribution in [0.25, 0.3) is 22.6 Å². The van der Waals surface area contributed by atoms with Crippen molar-refractivity contribution in [2.45, 2.75) is 13.5 Å². The van der Waals surface area contributed by atoms with Gasteiger partial charge in [0.25, 0.3) is 0 Å². The van der Waals surface area contributed by atoms with Crippen LogP contribution in [-0.2, 0) is 18.4 Å². The van der Waals surface area contributed by atoms with Crippen molar-refractivity contribution in [2.75, 3.05) is 5.32 Å². The van der Waals surface area contributed by atoms with Crippen LogP contribution in [0.2, 0.25) is 0 Å². The van der Waals surface area contributed by atoms with Gasteiger partial charge >= 0.3 is 0 Å². The molecule has 0 radical (unpaired) electrons. The largest absolute Gasteiger partial charge is 0.352 e. The molecule has 140 valence electrons. The minimum atomic E-state index is -0.0617. The molecule has 8 nitrogen and oxygen atoms in total. The van der Waals surface area contributed by atoms with Gasteiger partial charge in [-0.15, -0.1) is 0 Å². The summed E-state index contributed by atoms with van der Waals surface area (Å²) in [5.74, 6) is 1.22. The number of amides is 1. The molecule has 3 aromatic heterocycles. The summed E-state index contributed by atoms with van der Waals surface area (Å²) >= 11 is 0. The van der Waals surface area contributed by atoms with Crippen LogP contribution in [0.5, 0.6) is 0 Å². The molecule has 0 fully saturated rings. The van der Waals surface area contributed by atoms with Crippen LogP contribution < -0.4 is 10.6 Å². The van der Waals surface area contributed by atoms with Crippen LogP contribution in [-0.4, -0.2) is 30.4 Å². The molecule has 0 aliphatic heterocycles. The second kappa shape index (κ2) is 7.43. The van der Waals surface area contributed by atoms with Crippen LogP contribution in [0.1, 0.15) is 12.5 Å². The summed E-state index contributed by atoms with van der Waals surface area (Å²) in [5.41, 5.74) is 4.26. The van der Waals surface area contributed by atoms with Crippen LogP contribution in [0.3, 0.4) is 0 Å². The number of hydrogen-bond acceptors (Lipinski definition) is 6. The van der Waals surface area contributed by atoms with Crippen molar-refractivity contribution in [1.29, 1.82) is 0 Å². The van der Waals surface area contributed by atoms with E-state index in [1.807, 2.05) is 48.0 Å². The van der Waals surface area contributed by atoms with Crippen molar-refractivity contribution in [2.24, 2.45) is 7.05 Å². The minimum absolute atomic E-state index is 0.0617. The van der Waals surface area contributed by atoms with E-state index in [-0.39, 0.29) is 5.91 Å². The highest BCUT2D eigenvalue weighted by molar-refractivity contribution is 5.77. The van der Waals surface area contributed by atoms with E-state index in [0.717, 1.165) is 33.8 Å². The number of rotatable bonds is 5. The van der Waals surface area contributed by atoms with Crippen molar-refractivity contribution in [1.82, 2.24) is 29.8 Å². The Morgan fingerprint density at radius 1 is 1.14 bits per heavy atom. The summed E-state index contributed by atoms with van der Waals surface area (Å²) in [6.45, 7) is 1.97. The van der Waals surface area contributed by atoms with E-state index in [9.17, 15) is 4.79 Å². The number of nitrogens with zero attached hydrogens (tertiary/aromatic N) is 5. The summed E-state index contributed by atoms with van der Waals surface area (Å²) in [7, 11) is 1.93. The first-order chi connectivity index (χ1) is 13.6. The lowest BCUT2D eigenvalue weighted by atomic mass is 10.2. The van der Waals surface area contributed by atoms with Gasteiger partial charge in [0.05, 0.1) is 6.20 Å². The van der Waals surface area contributed by atoms with Crippen molar-refractivity contribution in [3.63, 3.8) is 0 Å². The number of anilines is 2. The van der Waals surface area contributed by atoms with Crippen molar-refractivity contribution in [3.05, 3.63) is 60.6 Å². The number of hydrogen-bond donors (Lipinski definition) is 2. The quantitative estimate of drug-likeness (QED) is 0.558. The Bertz CT molecular complexity index is 1140. The zero-order valence-corrected chi connectivity index (χ0v) is 15.5. The molecule has 1 aromatic carbocycles. The predicted octanol–water partition coefficient (Wildman–Crippen LogP) is 2.81. The molecule has 0 aliphatic carbocycles. The number of nitrogens with one attached hydrogen (secondary N) is 2. The maximum Gasteiger partial charge on any atom is 0.229 e. The molecule has 0 saturated heterocycles. The first kappa shape index (κ1) is 17.6. The van der Waals surface area contributed by atoms with E-state index < -0.39 is 0 Å². The summed E-state index contributed by atoms with van der Waals surface area (Å²) in [4.78, 5) is 28.8. The smallest absolute Gasteiger partial charge is 0.229 e. The molecule has 0 unspecified atom stereocenters. The fourth-order valence-corrected chi connectivity index (χ4v) is 2.92. The summed E-state index contributed by atoms with van der Waals surface area (Å²) in [5, 5.41) is 6.00. The van der Waals surface area contributed by atoms with Crippen LogP contribution in [0, 0.1) is 0 Å². The van der Waals surface area contributed by atoms with Gasteiger partial charge in [0.2, 0.25) is 11.9 Å². The Morgan fingerprint density at radius 2 is 1.96 bits per heavy atom. The van der Waals surface area contributed by atoms with Crippen LogP contribution in [0.15, 0.2) is 55.0 Å². The molecule has 1 amide bonds. The monoisotopic (exact) mass is 373 g/mol. The van der Waals surface area contributed by atoms with E-state index in [2.05, 4.69) is 30.6 Å². The van der Waals surface area contributed by atoms with Gasteiger partial charge in [-0.25, -0.2) is 9.97 Å². The van der Waals surface area contributed by atoms with Crippen LogP contribution in [0.4, 0.5) is 11.6 Å². The lowest BCUT2D eigenvalue weighted by molar-refractivity contribution is -0.119. The zero-order chi connectivity index (χ0) is 19.5. The van der Waals surface area contributed by atoms with E-state index in [0.29, 0.717) is 12.5 Å². The van der Waals surface area contributed by atoms with E-state index in [1.165, 1.54) is 6.92 Å². The number of fused-ring (bicyclic) bond motifs is 1. The standard InChI is InChI=1S/C20H19N7O/c1-13(28)22-11-14-4-3-5-16(10-14)24-20-23-12-17-19(26-20)27(2)18(25-17)15-6-8-21-9-7-15/h3-10,12H,11H2,1-2H3,(H,22,28)(H,23,24,26). The number of benzene rings is 1. The topological polar surface area (TPSA) is 97.6 Å². The molecule has 4 aromatic rings. The zero-order valence-electron chi connectivity index (χ0n) is 15.5. The number of aryl methyl sites for hydroxylation is 1. The second-order valence-electron chi connectivity index (χ2n) is 6.37. The fourth-order valence-electron chi connectivity index (χ4n) is 2.92. The van der Waals surface area contributed by atoms with Crippen molar-refractivity contribution in [3.8, 4) is 11.4 Å². The first-order valence-corrected chi connectivity index (χ1v) is 8.80. The third kappa shape index (κ3) is 3.66. The van der Waals surface area contributed by atoms with Gasteiger partial charge in [-0.05, 0) is 29.8 Å². The third-order valence-corrected chi connectivity index (χ3v) is 4.27. The normalized spacial score (nSPS) is 10.8. The summed E-state index contributed by atoms with van der Waals surface area (Å²) in [6, 6.07) is 11.6. The fraction of sp³-hybridized carbons (Fsp3) is 0.150. The highest BCUT2D eigenvalue weighted by Gasteiger charge is 2.12. The predicted molar refractivity (Wildman–Crippen MR) is 107 cm³/mol. The Kier molecular flexibility index (Phi) is 4.67. The van der Waals surface area contributed by atoms with E-state index in [4.69, 9.17) is 0 Å². The molecule has 0 atom stereocenters. The lowest BCUT2D eigenvalue weighted by Crippen LogP contribution is -2.18.